The summed E-state index contributed by atoms with van der Waals surface area (Å²) in [7, 11) is 0. The maximum Gasteiger partial charge on any atom is 0.0726 e. The van der Waals surface area contributed by atoms with Gasteiger partial charge in [-0.1, -0.05) is 206 Å². The van der Waals surface area contributed by atoms with E-state index < -0.39 is 5.41 Å². The molecular weight excluding hydrogens is 937 g/mol. The SMILES string of the molecule is c1ccc(-c2ccccc2N(c2ccc3c(c2)-c2ccccc2-c2ccccc2N3c2ccccc2)c2ccc3c(c2)-c2ccccc2-c2ccccc2C32c3ccccc3-c3cc4c(cc32)sc2ccccc24)cc1. The highest BCUT2D eigenvalue weighted by Gasteiger charge is 2.50. The van der Waals surface area contributed by atoms with Crippen molar-refractivity contribution in [2.75, 3.05) is 9.80 Å². The van der Waals surface area contributed by atoms with Gasteiger partial charge in [0.15, 0.2) is 0 Å². The molecular formula is C73H46N2S. The predicted octanol–water partition coefficient (Wildman–Crippen LogP) is 20.3. The number of rotatable bonds is 5. The Morgan fingerprint density at radius 1 is 0.289 bits per heavy atom. The Morgan fingerprint density at radius 2 is 0.776 bits per heavy atom. The minimum absolute atomic E-state index is 0.629. The van der Waals surface area contributed by atoms with Gasteiger partial charge in [0.1, 0.15) is 0 Å². The standard InChI is InChI=1S/C73H46N2S/c1-3-21-47(22-4-1)51-25-13-18-36-68(51)74(50-40-42-70-62(44-50)55-29-10-8-27-53(55)58-32-14-19-37-69(58)75(70)48-23-5-2-6-24-48)49-39-41-66-60(43-49)54-28-9-7-26-52(54)56-30-11-16-34-64(56)73(66)65-35-17-12-31-57(65)61-45-63-59-33-15-20-38-71(59)76-72(63)46-67(61)73/h1-46H. The van der Waals surface area contributed by atoms with E-state index in [2.05, 4.69) is 289 Å². The monoisotopic (exact) mass is 982 g/mol. The number of anilines is 6. The molecule has 3 heteroatoms. The summed E-state index contributed by atoms with van der Waals surface area (Å²) in [6, 6.07) is 104. The Hall–Kier alpha value is -9.54. The number of hydrogen-bond acceptors (Lipinski definition) is 3. The molecule has 2 nitrogen and oxygen atoms in total. The number of hydrogen-bond donors (Lipinski definition) is 0. The minimum Gasteiger partial charge on any atom is -0.310 e. The summed E-state index contributed by atoms with van der Waals surface area (Å²) in [6.07, 6.45) is 0. The molecule has 1 spiro atoms. The molecule has 1 aliphatic heterocycles. The van der Waals surface area contributed by atoms with Gasteiger partial charge in [0.25, 0.3) is 0 Å². The molecule has 1 unspecified atom stereocenters. The van der Waals surface area contributed by atoms with E-state index in [4.69, 9.17) is 0 Å². The third-order valence-corrected chi connectivity index (χ3v) is 17.6. The molecule has 3 aliphatic rings. The average molecular weight is 983 g/mol. The summed E-state index contributed by atoms with van der Waals surface area (Å²) in [5, 5.41) is 2.63. The van der Waals surface area contributed by atoms with Crippen molar-refractivity contribution in [1.82, 2.24) is 0 Å². The van der Waals surface area contributed by atoms with Crippen LogP contribution in [0.15, 0.2) is 279 Å². The van der Waals surface area contributed by atoms with Crippen LogP contribution < -0.4 is 9.80 Å². The van der Waals surface area contributed by atoms with Crippen LogP contribution in [-0.4, -0.2) is 0 Å². The fraction of sp³-hybridized carbons (Fsp3) is 0.0137. The molecule has 76 heavy (non-hydrogen) atoms. The Morgan fingerprint density at radius 3 is 1.51 bits per heavy atom. The Labute approximate surface area is 446 Å². The zero-order valence-corrected chi connectivity index (χ0v) is 42.2. The smallest absolute Gasteiger partial charge is 0.0726 e. The minimum atomic E-state index is -0.629. The van der Waals surface area contributed by atoms with Crippen molar-refractivity contribution in [3.63, 3.8) is 0 Å². The van der Waals surface area contributed by atoms with E-state index in [1.807, 2.05) is 11.3 Å². The van der Waals surface area contributed by atoms with E-state index >= 15 is 0 Å². The van der Waals surface area contributed by atoms with Crippen LogP contribution in [0.25, 0.3) is 86.9 Å². The Balaban J connectivity index is 0.994. The third kappa shape index (κ3) is 6.15. The fourth-order valence-corrected chi connectivity index (χ4v) is 14.4. The summed E-state index contributed by atoms with van der Waals surface area (Å²) in [5.74, 6) is 0. The van der Waals surface area contributed by atoms with E-state index in [-0.39, 0.29) is 0 Å². The molecule has 0 fully saturated rings. The van der Waals surface area contributed by atoms with Crippen LogP contribution in [0.1, 0.15) is 22.3 Å². The molecule has 13 aromatic rings. The van der Waals surface area contributed by atoms with Crippen LogP contribution in [0.2, 0.25) is 0 Å². The number of nitrogens with zero attached hydrogens (tertiary/aromatic N) is 2. The van der Waals surface area contributed by atoms with Crippen molar-refractivity contribution in [2.24, 2.45) is 0 Å². The highest BCUT2D eigenvalue weighted by atomic mass is 32.1. The van der Waals surface area contributed by atoms with Crippen LogP contribution in [0, 0.1) is 0 Å². The van der Waals surface area contributed by atoms with Crippen molar-refractivity contribution in [1.29, 1.82) is 0 Å². The van der Waals surface area contributed by atoms with Gasteiger partial charge >= 0.3 is 0 Å². The van der Waals surface area contributed by atoms with E-state index in [0.717, 1.165) is 50.8 Å². The second-order valence-corrected chi connectivity index (χ2v) is 21.3. The van der Waals surface area contributed by atoms with Gasteiger partial charge in [-0.2, -0.15) is 0 Å². The number of benzene rings is 12. The van der Waals surface area contributed by atoms with E-state index in [1.54, 1.807) is 0 Å². The van der Waals surface area contributed by atoms with Crippen LogP contribution in [0.3, 0.4) is 0 Å². The lowest BCUT2D eigenvalue weighted by atomic mass is 9.66. The van der Waals surface area contributed by atoms with Gasteiger partial charge in [0.05, 0.1) is 22.5 Å². The lowest BCUT2D eigenvalue weighted by molar-refractivity contribution is 0.776. The van der Waals surface area contributed by atoms with Crippen molar-refractivity contribution in [2.45, 2.75) is 5.41 Å². The number of para-hydroxylation sites is 3. The normalized spacial score (nSPS) is 14.3. The maximum atomic E-state index is 2.55. The van der Waals surface area contributed by atoms with Gasteiger partial charge in [-0.15, -0.1) is 11.3 Å². The van der Waals surface area contributed by atoms with Crippen molar-refractivity contribution in [3.8, 4) is 66.8 Å². The quantitative estimate of drug-likeness (QED) is 0.170. The van der Waals surface area contributed by atoms with Crippen LogP contribution in [0.4, 0.5) is 34.1 Å². The van der Waals surface area contributed by atoms with Crippen LogP contribution in [-0.2, 0) is 5.41 Å². The summed E-state index contributed by atoms with van der Waals surface area (Å²) in [4.78, 5) is 4.96. The highest BCUT2D eigenvalue weighted by Crippen LogP contribution is 2.63. The van der Waals surface area contributed by atoms with Gasteiger partial charge in [-0.05, 0) is 145 Å². The van der Waals surface area contributed by atoms with Gasteiger partial charge in [-0.25, -0.2) is 0 Å². The molecule has 1 atom stereocenters. The molecule has 1 aromatic heterocycles. The second-order valence-electron chi connectivity index (χ2n) is 20.3. The molecule has 354 valence electrons. The Kier molecular flexibility index (Phi) is 9.45. The molecule has 0 radical (unpaired) electrons. The molecule has 0 amide bonds. The van der Waals surface area contributed by atoms with Crippen molar-refractivity contribution in [3.05, 3.63) is 301 Å². The molecule has 0 saturated carbocycles. The topological polar surface area (TPSA) is 6.48 Å². The average Bonchev–Trinajstić information content (AvgIpc) is 4.15. The predicted molar refractivity (Wildman–Crippen MR) is 320 cm³/mol. The lowest BCUT2D eigenvalue weighted by Gasteiger charge is -2.36. The maximum absolute atomic E-state index is 2.55. The fourth-order valence-electron chi connectivity index (χ4n) is 13.3. The first-order valence-electron chi connectivity index (χ1n) is 26.2. The van der Waals surface area contributed by atoms with E-state index in [0.29, 0.717) is 0 Å². The Bertz CT molecular complexity index is 4490. The number of thiophene rings is 1. The molecule has 16 rings (SSSR count). The summed E-state index contributed by atoms with van der Waals surface area (Å²) in [5.41, 5.74) is 25.9. The first-order valence-corrected chi connectivity index (χ1v) is 27.1. The zero-order valence-electron chi connectivity index (χ0n) is 41.4. The largest absolute Gasteiger partial charge is 0.310 e. The molecule has 2 heterocycles. The number of fused-ring (bicyclic) bond motifs is 20. The zero-order chi connectivity index (χ0) is 49.9. The summed E-state index contributed by atoms with van der Waals surface area (Å²) < 4.78 is 2.63. The molecule has 0 bridgehead atoms. The third-order valence-electron chi connectivity index (χ3n) is 16.4. The van der Waals surface area contributed by atoms with Gasteiger partial charge in [-0.3, -0.25) is 0 Å². The second kappa shape index (κ2) is 16.7. The van der Waals surface area contributed by atoms with Crippen molar-refractivity contribution < 1.29 is 0 Å². The van der Waals surface area contributed by atoms with Crippen molar-refractivity contribution >= 4 is 65.6 Å². The highest BCUT2D eigenvalue weighted by molar-refractivity contribution is 7.25. The molecule has 2 aliphatic carbocycles. The van der Waals surface area contributed by atoms with Gasteiger partial charge in [0, 0.05) is 53.9 Å². The van der Waals surface area contributed by atoms with E-state index in [9.17, 15) is 0 Å². The van der Waals surface area contributed by atoms with Crippen LogP contribution >= 0.6 is 11.3 Å². The molecule has 0 saturated heterocycles. The lowest BCUT2D eigenvalue weighted by Crippen LogP contribution is -2.29. The van der Waals surface area contributed by atoms with E-state index in [1.165, 1.54) is 92.5 Å². The molecule has 12 aromatic carbocycles. The summed E-state index contributed by atoms with van der Waals surface area (Å²) >= 11 is 1.90. The van der Waals surface area contributed by atoms with Gasteiger partial charge in [0.2, 0.25) is 0 Å². The molecule has 0 N–H and O–H groups in total. The van der Waals surface area contributed by atoms with Gasteiger partial charge < -0.3 is 9.80 Å². The van der Waals surface area contributed by atoms with Crippen LogP contribution in [0.5, 0.6) is 0 Å². The summed E-state index contributed by atoms with van der Waals surface area (Å²) in [6.45, 7) is 0. The first kappa shape index (κ1) is 42.9. The first-order chi connectivity index (χ1) is 37.7.